The van der Waals surface area contributed by atoms with Gasteiger partial charge < -0.3 is 9.84 Å². The fraction of sp³-hybridized carbons (Fsp3) is 0.333. The molecule has 0 saturated carbocycles. The highest BCUT2D eigenvalue weighted by Gasteiger charge is 2.12. The van der Waals surface area contributed by atoms with Crippen LogP contribution in [0.15, 0.2) is 48.5 Å². The predicted molar refractivity (Wildman–Crippen MR) is 80.1 cm³/mol. The Balaban J connectivity index is 1.54. The van der Waals surface area contributed by atoms with Crippen molar-refractivity contribution in [3.63, 3.8) is 0 Å². The van der Waals surface area contributed by atoms with Crippen LogP contribution in [0.1, 0.15) is 23.1 Å². The normalized spacial score (nSPS) is 14.7. The van der Waals surface area contributed by atoms with E-state index in [0.717, 1.165) is 38.0 Å². The third-order valence-corrected chi connectivity index (χ3v) is 3.83. The van der Waals surface area contributed by atoms with Crippen LogP contribution >= 0.6 is 0 Å². The van der Waals surface area contributed by atoms with E-state index < -0.39 is 0 Å². The molecule has 2 nitrogen and oxygen atoms in total. The van der Waals surface area contributed by atoms with E-state index in [1.807, 2.05) is 18.2 Å². The Morgan fingerprint density at radius 2 is 1.90 bits per heavy atom. The molecule has 1 aliphatic rings. The average molecular weight is 268 g/mol. The van der Waals surface area contributed by atoms with E-state index in [2.05, 4.69) is 30.3 Å². The minimum absolute atomic E-state index is 0.276. The molecule has 0 aliphatic carbocycles. The molecule has 0 spiro atoms. The standard InChI is InChI=1S/C18H20O2/c19-17(13-14-4-2-1-3-5-14)8-6-15-7-9-18-16(12-15)10-11-20-18/h1-5,7,9,12,17,19H,6,8,10-11,13H2. The Kier molecular flexibility index (Phi) is 4.03. The van der Waals surface area contributed by atoms with Crippen LogP contribution in [0.5, 0.6) is 5.75 Å². The van der Waals surface area contributed by atoms with Gasteiger partial charge in [0.2, 0.25) is 0 Å². The van der Waals surface area contributed by atoms with E-state index in [9.17, 15) is 5.11 Å². The highest BCUT2D eigenvalue weighted by Crippen LogP contribution is 2.26. The molecule has 0 saturated heterocycles. The molecule has 1 heterocycles. The summed E-state index contributed by atoms with van der Waals surface area (Å²) in [6, 6.07) is 16.6. The van der Waals surface area contributed by atoms with Gasteiger partial charge in [0.25, 0.3) is 0 Å². The Labute approximate surface area is 120 Å². The van der Waals surface area contributed by atoms with Crippen molar-refractivity contribution in [3.8, 4) is 5.75 Å². The lowest BCUT2D eigenvalue weighted by Gasteiger charge is -2.11. The van der Waals surface area contributed by atoms with Crippen LogP contribution in [0.2, 0.25) is 0 Å². The smallest absolute Gasteiger partial charge is 0.122 e. The molecule has 3 rings (SSSR count). The number of hydrogen-bond donors (Lipinski definition) is 1. The van der Waals surface area contributed by atoms with Crippen LogP contribution in [0.4, 0.5) is 0 Å². The van der Waals surface area contributed by atoms with Crippen molar-refractivity contribution in [2.24, 2.45) is 0 Å². The zero-order valence-electron chi connectivity index (χ0n) is 11.6. The molecule has 0 radical (unpaired) electrons. The molecule has 1 unspecified atom stereocenters. The number of benzene rings is 2. The van der Waals surface area contributed by atoms with Crippen molar-refractivity contribution in [1.82, 2.24) is 0 Å². The number of hydrogen-bond acceptors (Lipinski definition) is 2. The molecule has 2 aromatic carbocycles. The van der Waals surface area contributed by atoms with Crippen molar-refractivity contribution >= 4 is 0 Å². The van der Waals surface area contributed by atoms with E-state index in [1.54, 1.807) is 0 Å². The van der Waals surface area contributed by atoms with E-state index in [0.29, 0.717) is 0 Å². The summed E-state index contributed by atoms with van der Waals surface area (Å²) < 4.78 is 5.51. The maximum atomic E-state index is 10.1. The van der Waals surface area contributed by atoms with Gasteiger partial charge in [0.15, 0.2) is 0 Å². The highest BCUT2D eigenvalue weighted by atomic mass is 16.5. The van der Waals surface area contributed by atoms with E-state index in [1.165, 1.54) is 16.7 Å². The second-order valence-corrected chi connectivity index (χ2v) is 5.42. The van der Waals surface area contributed by atoms with Crippen LogP contribution in [-0.2, 0) is 19.3 Å². The van der Waals surface area contributed by atoms with Crippen molar-refractivity contribution in [2.75, 3.05) is 6.61 Å². The quantitative estimate of drug-likeness (QED) is 0.902. The summed E-state index contributed by atoms with van der Waals surface area (Å²) in [6.07, 6.45) is 3.18. The summed E-state index contributed by atoms with van der Waals surface area (Å²) in [7, 11) is 0. The summed E-state index contributed by atoms with van der Waals surface area (Å²) in [5.74, 6) is 1.03. The van der Waals surface area contributed by atoms with Gasteiger partial charge in [-0.2, -0.15) is 0 Å². The minimum atomic E-state index is -0.276. The number of rotatable bonds is 5. The monoisotopic (exact) mass is 268 g/mol. The average Bonchev–Trinajstić information content (AvgIpc) is 2.93. The number of aryl methyl sites for hydroxylation is 1. The maximum absolute atomic E-state index is 10.1. The Morgan fingerprint density at radius 3 is 2.75 bits per heavy atom. The third kappa shape index (κ3) is 3.20. The topological polar surface area (TPSA) is 29.5 Å². The second-order valence-electron chi connectivity index (χ2n) is 5.42. The lowest BCUT2D eigenvalue weighted by molar-refractivity contribution is 0.165. The number of aliphatic hydroxyl groups is 1. The predicted octanol–water partition coefficient (Wildman–Crippen LogP) is 3.16. The summed E-state index contributed by atoms with van der Waals surface area (Å²) in [6.45, 7) is 0.801. The van der Waals surface area contributed by atoms with E-state index >= 15 is 0 Å². The molecule has 0 aromatic heterocycles. The molecule has 2 aromatic rings. The molecule has 0 amide bonds. The van der Waals surface area contributed by atoms with Gasteiger partial charge in [0, 0.05) is 6.42 Å². The SMILES string of the molecule is OC(CCc1ccc2c(c1)CCO2)Cc1ccccc1. The first-order valence-corrected chi connectivity index (χ1v) is 7.28. The van der Waals surface area contributed by atoms with Gasteiger partial charge in [-0.05, 0) is 42.0 Å². The van der Waals surface area contributed by atoms with Crippen LogP contribution in [0, 0.1) is 0 Å². The third-order valence-electron chi connectivity index (χ3n) is 3.83. The molecule has 0 fully saturated rings. The lowest BCUT2D eigenvalue weighted by atomic mass is 10.00. The van der Waals surface area contributed by atoms with Crippen LogP contribution in [-0.4, -0.2) is 17.8 Å². The van der Waals surface area contributed by atoms with Gasteiger partial charge in [-0.1, -0.05) is 42.5 Å². The molecule has 0 bridgehead atoms. The Hall–Kier alpha value is -1.80. The summed E-state index contributed by atoms with van der Waals surface area (Å²) in [4.78, 5) is 0. The van der Waals surface area contributed by atoms with Crippen molar-refractivity contribution in [3.05, 3.63) is 65.2 Å². The fourth-order valence-corrected chi connectivity index (χ4v) is 2.72. The molecule has 2 heteroatoms. The van der Waals surface area contributed by atoms with Crippen molar-refractivity contribution in [1.29, 1.82) is 0 Å². The van der Waals surface area contributed by atoms with Crippen LogP contribution in [0.25, 0.3) is 0 Å². The maximum Gasteiger partial charge on any atom is 0.122 e. The molecular formula is C18H20O2. The molecular weight excluding hydrogens is 248 g/mol. The number of ether oxygens (including phenoxy) is 1. The second kappa shape index (κ2) is 6.10. The molecule has 104 valence electrons. The van der Waals surface area contributed by atoms with Gasteiger partial charge in [0.05, 0.1) is 12.7 Å². The van der Waals surface area contributed by atoms with Gasteiger partial charge in [-0.3, -0.25) is 0 Å². The number of aliphatic hydroxyl groups excluding tert-OH is 1. The van der Waals surface area contributed by atoms with Gasteiger partial charge in [-0.25, -0.2) is 0 Å². The Bertz CT molecular complexity index is 563. The first kappa shape index (κ1) is 13.2. The van der Waals surface area contributed by atoms with Gasteiger partial charge in [0.1, 0.15) is 5.75 Å². The largest absolute Gasteiger partial charge is 0.493 e. The summed E-state index contributed by atoms with van der Waals surface area (Å²) >= 11 is 0. The van der Waals surface area contributed by atoms with Crippen molar-refractivity contribution < 1.29 is 9.84 Å². The molecule has 1 atom stereocenters. The van der Waals surface area contributed by atoms with Gasteiger partial charge in [-0.15, -0.1) is 0 Å². The summed E-state index contributed by atoms with van der Waals surface area (Å²) in [5.41, 5.74) is 3.80. The van der Waals surface area contributed by atoms with Crippen molar-refractivity contribution in [2.45, 2.75) is 31.8 Å². The van der Waals surface area contributed by atoms with E-state index in [-0.39, 0.29) is 6.10 Å². The van der Waals surface area contributed by atoms with E-state index in [4.69, 9.17) is 4.74 Å². The lowest BCUT2D eigenvalue weighted by Crippen LogP contribution is -2.11. The fourth-order valence-electron chi connectivity index (χ4n) is 2.72. The number of fused-ring (bicyclic) bond motifs is 1. The highest BCUT2D eigenvalue weighted by molar-refractivity contribution is 5.39. The first-order chi connectivity index (χ1) is 9.81. The summed E-state index contributed by atoms with van der Waals surface area (Å²) in [5, 5.41) is 10.1. The van der Waals surface area contributed by atoms with Crippen LogP contribution in [0.3, 0.4) is 0 Å². The Morgan fingerprint density at radius 1 is 1.05 bits per heavy atom. The minimum Gasteiger partial charge on any atom is -0.493 e. The first-order valence-electron chi connectivity index (χ1n) is 7.28. The molecule has 1 N–H and O–H groups in total. The molecule has 1 aliphatic heterocycles. The molecule has 20 heavy (non-hydrogen) atoms. The van der Waals surface area contributed by atoms with Gasteiger partial charge >= 0.3 is 0 Å². The zero-order valence-corrected chi connectivity index (χ0v) is 11.6. The zero-order chi connectivity index (χ0) is 13.8. The van der Waals surface area contributed by atoms with Crippen LogP contribution < -0.4 is 4.74 Å².